The number of hydrogen-bond donors (Lipinski definition) is 1. The van der Waals surface area contributed by atoms with E-state index in [2.05, 4.69) is 35.3 Å². The van der Waals surface area contributed by atoms with Gasteiger partial charge >= 0.3 is 0 Å². The molecule has 1 aromatic carbocycles. The molecule has 1 unspecified atom stereocenters. The third kappa shape index (κ3) is 4.63. The van der Waals surface area contributed by atoms with Crippen molar-refractivity contribution in [1.82, 2.24) is 4.57 Å². The lowest BCUT2D eigenvalue weighted by Crippen LogP contribution is -2.30. The van der Waals surface area contributed by atoms with Crippen molar-refractivity contribution in [3.05, 3.63) is 52.2 Å². The Balaban J connectivity index is 2.23. The van der Waals surface area contributed by atoms with Crippen LogP contribution in [0.25, 0.3) is 23.4 Å². The number of nitrogens with one attached hydrogen (secondary N) is 1. The number of rotatable bonds is 7. The Morgan fingerprint density at radius 2 is 2.00 bits per heavy atom. The van der Waals surface area contributed by atoms with Gasteiger partial charge < -0.3 is 14.0 Å². The summed E-state index contributed by atoms with van der Waals surface area (Å²) in [5, 5.41) is 12.0. The molecular weight excluding hydrogens is 382 g/mol. The first kappa shape index (κ1) is 20.9. The molecule has 1 heterocycles. The summed E-state index contributed by atoms with van der Waals surface area (Å²) >= 11 is 0. The summed E-state index contributed by atoms with van der Waals surface area (Å²) in [5.41, 5.74) is 3.37. The van der Waals surface area contributed by atoms with E-state index in [0.29, 0.717) is 11.5 Å². The van der Waals surface area contributed by atoms with Crippen LogP contribution in [0.5, 0.6) is 0 Å². The summed E-state index contributed by atoms with van der Waals surface area (Å²) < 4.78 is 22.1. The second-order valence-corrected chi connectivity index (χ2v) is 8.61. The third-order valence-corrected chi connectivity index (χ3v) is 5.48. The minimum absolute atomic E-state index is 0.546. The van der Waals surface area contributed by atoms with Gasteiger partial charge in [-0.25, -0.2) is 4.21 Å². The van der Waals surface area contributed by atoms with Crippen LogP contribution >= 0.6 is 0 Å². The lowest BCUT2D eigenvalue weighted by molar-refractivity contribution is 0.312. The third-order valence-electron chi connectivity index (χ3n) is 4.96. The number of aromatic nitrogens is 1. The molecule has 1 aliphatic rings. The summed E-state index contributed by atoms with van der Waals surface area (Å²) in [7, 11) is 0.546. The molecule has 6 heteroatoms. The molecule has 29 heavy (non-hydrogen) atoms. The highest BCUT2D eigenvalue weighted by Gasteiger charge is 2.18. The number of nitriles is 1. The zero-order chi connectivity index (χ0) is 21.0. The molecule has 0 saturated carbocycles. The molecule has 1 aromatic heterocycles. The molecule has 0 bridgehead atoms. The molecule has 0 spiro atoms. The van der Waals surface area contributed by atoms with Crippen molar-refractivity contribution < 1.29 is 8.95 Å². The van der Waals surface area contributed by atoms with Gasteiger partial charge in [0.25, 0.3) is 0 Å². The van der Waals surface area contributed by atoms with Gasteiger partial charge in [-0.3, -0.25) is 0 Å². The normalized spacial score (nSPS) is 14.0. The van der Waals surface area contributed by atoms with Gasteiger partial charge in [0, 0.05) is 29.8 Å². The van der Waals surface area contributed by atoms with E-state index in [9.17, 15) is 9.47 Å². The van der Waals surface area contributed by atoms with Crippen LogP contribution in [0.3, 0.4) is 0 Å². The van der Waals surface area contributed by atoms with Crippen LogP contribution < -0.4 is 15.3 Å². The number of methoxy groups -OCH3 is 1. The molecule has 0 radical (unpaired) electrons. The highest BCUT2D eigenvalue weighted by Crippen LogP contribution is 2.24. The number of hydrogen-bond acceptors (Lipinski definition) is 3. The van der Waals surface area contributed by atoms with Crippen LogP contribution in [0.15, 0.2) is 36.1 Å². The van der Waals surface area contributed by atoms with Gasteiger partial charge in [0.2, 0.25) is 0 Å². The lowest BCUT2D eigenvalue weighted by atomic mass is 10.1. The predicted octanol–water partition coefficient (Wildman–Crippen LogP) is 3.27. The van der Waals surface area contributed by atoms with Crippen LogP contribution in [-0.2, 0) is 22.3 Å². The zero-order valence-electron chi connectivity index (χ0n) is 17.4. The maximum Gasteiger partial charge on any atom is 0.117 e. The summed E-state index contributed by atoms with van der Waals surface area (Å²) in [6.45, 7) is 5.22. The molecule has 0 fully saturated rings. The molecule has 1 N–H and O–H groups in total. The maximum atomic E-state index is 11.4. The molecule has 3 rings (SSSR count). The standard InChI is InChI=1S/C23H27N3O2S/c1-16(2)12-13-26-22-14-19(28-3)6-5-7-20(22)21(15-24)23(26)17-8-10-18(11-9-17)25-29(4)27/h6-11,14,16,25H,5,12-13H2,1-4H3. The molecule has 2 aromatic rings. The number of fused-ring (bicyclic) bond motifs is 1. The van der Waals surface area contributed by atoms with Gasteiger partial charge in [-0.1, -0.05) is 32.1 Å². The van der Waals surface area contributed by atoms with Gasteiger partial charge in [-0.05, 0) is 42.5 Å². The molecule has 0 saturated heterocycles. The smallest absolute Gasteiger partial charge is 0.117 e. The van der Waals surface area contributed by atoms with E-state index in [4.69, 9.17) is 4.74 Å². The molecule has 5 nitrogen and oxygen atoms in total. The Hall–Kier alpha value is -2.78. The van der Waals surface area contributed by atoms with Crippen LogP contribution in [0.1, 0.15) is 32.3 Å². The van der Waals surface area contributed by atoms with E-state index >= 15 is 0 Å². The molecule has 0 aliphatic heterocycles. The van der Waals surface area contributed by atoms with E-state index in [0.717, 1.165) is 52.7 Å². The van der Waals surface area contributed by atoms with Crippen LogP contribution in [0.2, 0.25) is 0 Å². The van der Waals surface area contributed by atoms with Gasteiger partial charge in [0.05, 0.1) is 23.7 Å². The molecule has 152 valence electrons. The maximum absolute atomic E-state index is 11.4. The highest BCUT2D eigenvalue weighted by atomic mass is 32.2. The topological polar surface area (TPSA) is 67.0 Å². The number of nitrogens with zero attached hydrogens (tertiary/aromatic N) is 2. The number of benzene rings is 1. The van der Waals surface area contributed by atoms with E-state index < -0.39 is 11.0 Å². The minimum atomic E-state index is -1.13. The first-order valence-corrected chi connectivity index (χ1v) is 11.3. The van der Waals surface area contributed by atoms with Crippen molar-refractivity contribution >= 4 is 28.8 Å². The zero-order valence-corrected chi connectivity index (χ0v) is 18.2. The average Bonchev–Trinajstić information content (AvgIpc) is 2.83. The Morgan fingerprint density at radius 1 is 1.28 bits per heavy atom. The Kier molecular flexibility index (Phi) is 6.60. The van der Waals surface area contributed by atoms with Crippen molar-refractivity contribution in [2.24, 2.45) is 5.92 Å². The Labute approximate surface area is 174 Å². The summed E-state index contributed by atoms with van der Waals surface area (Å²) in [6.07, 6.45) is 9.48. The van der Waals surface area contributed by atoms with E-state index in [1.54, 1.807) is 13.4 Å². The SMILES string of the molecule is COC1=CCC=c2c(C#N)c(-c3ccc(NS(C)=O)cc3)n(CCC(C)C)c2=C1. The highest BCUT2D eigenvalue weighted by molar-refractivity contribution is 7.85. The van der Waals surface area contributed by atoms with Crippen LogP contribution in [0.4, 0.5) is 5.69 Å². The monoisotopic (exact) mass is 409 g/mol. The summed E-state index contributed by atoms with van der Waals surface area (Å²) in [6, 6.07) is 10.2. The molecular formula is C23H27N3O2S. The fourth-order valence-electron chi connectivity index (χ4n) is 3.54. The van der Waals surface area contributed by atoms with Gasteiger partial charge in [-0.2, -0.15) is 5.26 Å². The van der Waals surface area contributed by atoms with Gasteiger partial charge in [0.1, 0.15) is 22.8 Å². The minimum Gasteiger partial charge on any atom is -0.497 e. The fraction of sp³-hybridized carbons (Fsp3) is 0.348. The number of anilines is 1. The van der Waals surface area contributed by atoms with E-state index in [-0.39, 0.29) is 0 Å². The number of allylic oxidation sites excluding steroid dienone is 2. The molecule has 1 aliphatic carbocycles. The summed E-state index contributed by atoms with van der Waals surface area (Å²) in [5.74, 6) is 1.36. The molecule has 0 amide bonds. The first-order valence-electron chi connectivity index (χ1n) is 9.73. The first-order chi connectivity index (χ1) is 13.9. The Morgan fingerprint density at radius 3 is 2.59 bits per heavy atom. The van der Waals surface area contributed by atoms with Crippen molar-refractivity contribution in [3.8, 4) is 17.3 Å². The lowest BCUT2D eigenvalue weighted by Gasteiger charge is -2.13. The fourth-order valence-corrected chi connectivity index (χ4v) is 4.01. The van der Waals surface area contributed by atoms with Gasteiger partial charge in [-0.15, -0.1) is 0 Å². The van der Waals surface area contributed by atoms with E-state index in [1.165, 1.54) is 0 Å². The van der Waals surface area contributed by atoms with Crippen molar-refractivity contribution in [3.63, 3.8) is 0 Å². The second-order valence-electron chi connectivity index (χ2n) is 7.50. The van der Waals surface area contributed by atoms with Crippen molar-refractivity contribution in [1.29, 1.82) is 5.26 Å². The largest absolute Gasteiger partial charge is 0.497 e. The number of ether oxygens (including phenoxy) is 1. The second kappa shape index (κ2) is 9.15. The van der Waals surface area contributed by atoms with Crippen LogP contribution in [-0.4, -0.2) is 22.1 Å². The average molecular weight is 410 g/mol. The quantitative estimate of drug-likeness (QED) is 0.763. The summed E-state index contributed by atoms with van der Waals surface area (Å²) in [4.78, 5) is 0. The van der Waals surface area contributed by atoms with E-state index in [1.807, 2.05) is 36.4 Å². The predicted molar refractivity (Wildman–Crippen MR) is 120 cm³/mol. The van der Waals surface area contributed by atoms with Crippen LogP contribution in [0, 0.1) is 17.2 Å². The van der Waals surface area contributed by atoms with Crippen molar-refractivity contribution in [2.45, 2.75) is 33.2 Å². The van der Waals surface area contributed by atoms with Crippen molar-refractivity contribution in [2.75, 3.05) is 18.1 Å². The Bertz CT molecular complexity index is 1100. The molecule has 1 atom stereocenters. The van der Waals surface area contributed by atoms with Gasteiger partial charge in [0.15, 0.2) is 0 Å².